The molecule has 0 aliphatic rings. The van der Waals surface area contributed by atoms with Crippen molar-refractivity contribution in [1.29, 1.82) is 0 Å². The number of benzene rings is 3. The van der Waals surface area contributed by atoms with Crippen molar-refractivity contribution in [1.82, 2.24) is 0 Å². The Balaban J connectivity index is 0. The second-order valence-electron chi connectivity index (χ2n) is 6.56. The third kappa shape index (κ3) is 15.8. The number of rotatable bonds is 8. The normalized spacial score (nSPS) is 11.1. The van der Waals surface area contributed by atoms with Crippen LogP contribution in [0.25, 0.3) is 0 Å². The van der Waals surface area contributed by atoms with Crippen LogP contribution in [0.15, 0.2) is 106 Å². The fourth-order valence-electron chi connectivity index (χ4n) is 2.67. The largest absolute Gasteiger partial charge is 0.691 e. The van der Waals surface area contributed by atoms with E-state index in [2.05, 4.69) is 105 Å². The average molecular weight is 625 g/mol. The van der Waals surface area contributed by atoms with Crippen molar-refractivity contribution in [3.05, 3.63) is 91.0 Å². The highest BCUT2D eigenvalue weighted by Crippen LogP contribution is 2.42. The van der Waals surface area contributed by atoms with E-state index in [9.17, 15) is 32.0 Å². The Morgan fingerprint density at radius 2 is 1.02 bits per heavy atom. The Bertz CT molecular complexity index is 934. The second kappa shape index (κ2) is 23.0. The van der Waals surface area contributed by atoms with Crippen LogP contribution in [0.3, 0.4) is 0 Å². The molecular formula is C29H37F5O5S2. The zero-order valence-corrected chi connectivity index (χ0v) is 25.6. The third-order valence-corrected chi connectivity index (χ3v) is 6.79. The standard InChI is InChI=1S/C18H15S.C5H5F5O5S.3C2H6/c1-4-10-16(11-5-1)19(17-12-6-2-7-13-17)18-14-8-3-9-15-18;1-2(11)13-3(4(6,7)8)5(9,10)16-15-14-12;3*1-2/h1-15H;3,12H,1H3;3*1-2H3/q+1;;;;/p-1. The van der Waals surface area contributed by atoms with Crippen LogP contribution in [-0.4, -0.2) is 23.5 Å². The number of carbonyl (C=O) groups is 1. The van der Waals surface area contributed by atoms with Crippen molar-refractivity contribution in [2.24, 2.45) is 0 Å². The molecule has 12 heteroatoms. The van der Waals surface area contributed by atoms with Crippen molar-refractivity contribution < 1.29 is 46.1 Å². The van der Waals surface area contributed by atoms with E-state index in [4.69, 9.17) is 0 Å². The summed E-state index contributed by atoms with van der Waals surface area (Å²) in [5.41, 5.74) is 0. The molecule has 0 aliphatic heterocycles. The van der Waals surface area contributed by atoms with Crippen LogP contribution in [-0.2, 0) is 29.8 Å². The van der Waals surface area contributed by atoms with Gasteiger partial charge < -0.3 is 9.99 Å². The summed E-state index contributed by atoms with van der Waals surface area (Å²) in [4.78, 5) is 14.3. The molecule has 0 amide bonds. The highest BCUT2D eigenvalue weighted by molar-refractivity contribution is 7.97. The minimum Gasteiger partial charge on any atom is -0.691 e. The minimum atomic E-state index is -5.52. The summed E-state index contributed by atoms with van der Waals surface area (Å²) in [6, 6.07) is 32.2. The van der Waals surface area contributed by atoms with Crippen molar-refractivity contribution in [2.75, 3.05) is 0 Å². The van der Waals surface area contributed by atoms with Gasteiger partial charge in [-0.25, -0.2) is 0 Å². The highest BCUT2D eigenvalue weighted by Gasteiger charge is 2.60. The van der Waals surface area contributed by atoms with Gasteiger partial charge in [-0.2, -0.15) is 26.3 Å². The summed E-state index contributed by atoms with van der Waals surface area (Å²) >= 11 is -1.21. The van der Waals surface area contributed by atoms with Gasteiger partial charge in [0.1, 0.15) is 12.0 Å². The van der Waals surface area contributed by atoms with Crippen LogP contribution < -0.4 is 5.26 Å². The van der Waals surface area contributed by atoms with Gasteiger partial charge in [0.25, 0.3) is 6.10 Å². The van der Waals surface area contributed by atoms with E-state index in [1.54, 1.807) is 0 Å². The van der Waals surface area contributed by atoms with E-state index >= 15 is 0 Å². The maximum Gasteiger partial charge on any atom is 0.432 e. The lowest BCUT2D eigenvalue weighted by Crippen LogP contribution is -2.46. The molecule has 0 saturated carbocycles. The van der Waals surface area contributed by atoms with Crippen molar-refractivity contribution >= 4 is 28.9 Å². The fraction of sp³-hybridized carbons (Fsp3) is 0.345. The molecule has 0 spiro atoms. The zero-order chi connectivity index (χ0) is 31.9. The van der Waals surface area contributed by atoms with Crippen molar-refractivity contribution in [3.8, 4) is 0 Å². The second-order valence-corrected chi connectivity index (χ2v) is 9.43. The first-order chi connectivity index (χ1) is 19.6. The summed E-state index contributed by atoms with van der Waals surface area (Å²) in [5.74, 6) is -1.56. The summed E-state index contributed by atoms with van der Waals surface area (Å²) in [5, 5.41) is 6.96. The molecule has 0 aromatic heterocycles. The SMILES string of the molecule is CC.CC.CC.CC(=O)OC(C(F)(F)F)C(F)(F)SOO[O-].c1ccc([S+](c2ccccc2)c2ccccc2)cc1. The van der Waals surface area contributed by atoms with Crippen LogP contribution >= 0.6 is 12.0 Å². The number of carbonyl (C=O) groups excluding carboxylic acids is 1. The molecule has 0 N–H and O–H groups in total. The van der Waals surface area contributed by atoms with E-state index in [1.807, 2.05) is 41.5 Å². The maximum atomic E-state index is 12.8. The molecule has 0 fully saturated rings. The topological polar surface area (TPSA) is 67.8 Å². The molecule has 0 bridgehead atoms. The van der Waals surface area contributed by atoms with Crippen molar-refractivity contribution in [2.45, 2.75) is 80.7 Å². The molecule has 0 radical (unpaired) electrons. The first-order valence-corrected chi connectivity index (χ1v) is 14.7. The molecular weight excluding hydrogens is 587 g/mol. The molecule has 5 nitrogen and oxygen atoms in total. The summed E-state index contributed by atoms with van der Waals surface area (Å²) in [7, 11) is -0.0146. The lowest BCUT2D eigenvalue weighted by molar-refractivity contribution is -0.777. The number of halogens is 5. The van der Waals surface area contributed by atoms with E-state index < -0.39 is 35.5 Å². The first kappa shape index (κ1) is 40.5. The van der Waals surface area contributed by atoms with Gasteiger partial charge in [-0.15, -0.1) is 0 Å². The summed E-state index contributed by atoms with van der Waals surface area (Å²) < 4.78 is 68.2. The van der Waals surface area contributed by atoms with Crippen molar-refractivity contribution in [3.63, 3.8) is 0 Å². The fourth-order valence-corrected chi connectivity index (χ4v) is 5.16. The van der Waals surface area contributed by atoms with Gasteiger partial charge >= 0.3 is 17.4 Å². The van der Waals surface area contributed by atoms with Gasteiger partial charge in [0.05, 0.1) is 10.9 Å². The third-order valence-electron chi connectivity index (χ3n) is 4.00. The van der Waals surface area contributed by atoms with Crippen LogP contribution in [0.4, 0.5) is 22.0 Å². The first-order valence-electron chi connectivity index (χ1n) is 12.7. The average Bonchev–Trinajstić information content (AvgIpc) is 2.99. The molecule has 0 saturated heterocycles. The van der Waals surface area contributed by atoms with Crippen LogP contribution in [0, 0.1) is 0 Å². The summed E-state index contributed by atoms with van der Waals surface area (Å²) in [6.07, 6.45) is -9.26. The predicted molar refractivity (Wildman–Crippen MR) is 152 cm³/mol. The Labute approximate surface area is 246 Å². The predicted octanol–water partition coefficient (Wildman–Crippen LogP) is 8.81. The lowest BCUT2D eigenvalue weighted by atomic mass is 10.3. The zero-order valence-electron chi connectivity index (χ0n) is 24.0. The number of esters is 1. The van der Waals surface area contributed by atoms with Gasteiger partial charge in [-0.05, 0) is 36.4 Å². The molecule has 1 atom stereocenters. The minimum absolute atomic E-state index is 0.0146. The van der Waals surface area contributed by atoms with Gasteiger partial charge in [-0.3, -0.25) is 9.83 Å². The molecule has 3 aromatic carbocycles. The molecule has 3 rings (SSSR count). The van der Waals surface area contributed by atoms with Crippen LogP contribution in [0.2, 0.25) is 0 Å². The van der Waals surface area contributed by atoms with E-state index in [0.29, 0.717) is 6.92 Å². The van der Waals surface area contributed by atoms with Crippen LogP contribution in [0.5, 0.6) is 0 Å². The molecule has 3 aromatic rings. The lowest BCUT2D eigenvalue weighted by Gasteiger charge is -2.26. The Hall–Kier alpha value is -2.64. The van der Waals surface area contributed by atoms with Gasteiger partial charge in [-0.1, -0.05) is 96.1 Å². The van der Waals surface area contributed by atoms with E-state index in [1.165, 1.54) is 14.7 Å². The Morgan fingerprint density at radius 1 is 0.707 bits per heavy atom. The summed E-state index contributed by atoms with van der Waals surface area (Å²) in [6.45, 7) is 12.5. The highest BCUT2D eigenvalue weighted by atomic mass is 32.2. The smallest absolute Gasteiger partial charge is 0.432 e. The number of alkyl halides is 5. The number of hydrogen-bond donors (Lipinski definition) is 0. The molecule has 1 unspecified atom stereocenters. The molecule has 230 valence electrons. The number of ether oxygens (including phenoxy) is 1. The molecule has 0 heterocycles. The van der Waals surface area contributed by atoms with Gasteiger partial charge in [0.15, 0.2) is 14.7 Å². The van der Waals surface area contributed by atoms with Gasteiger partial charge in [0, 0.05) is 6.92 Å². The van der Waals surface area contributed by atoms with E-state index in [-0.39, 0.29) is 10.9 Å². The van der Waals surface area contributed by atoms with Crippen LogP contribution in [0.1, 0.15) is 48.5 Å². The monoisotopic (exact) mass is 624 g/mol. The molecule has 0 aliphatic carbocycles. The quantitative estimate of drug-likeness (QED) is 0.0623. The number of hydrogen-bond acceptors (Lipinski definition) is 6. The molecule has 41 heavy (non-hydrogen) atoms. The van der Waals surface area contributed by atoms with E-state index in [0.717, 1.165) is 0 Å². The Morgan fingerprint density at radius 3 is 1.27 bits per heavy atom. The maximum absolute atomic E-state index is 12.8. The Kier molecular flexibility index (Phi) is 22.7. The van der Waals surface area contributed by atoms with Gasteiger partial charge in [0.2, 0.25) is 0 Å².